The maximum Gasteiger partial charge on any atom is 0.265 e. The number of nitrogens with one attached hydrogen (secondary N) is 2. The largest absolute Gasteiger partial charge is 0.479 e. The summed E-state index contributed by atoms with van der Waals surface area (Å²) in [6.45, 7) is 1.48. The van der Waals surface area contributed by atoms with Gasteiger partial charge in [0.1, 0.15) is 12.3 Å². The van der Waals surface area contributed by atoms with Crippen molar-refractivity contribution in [2.45, 2.75) is 19.6 Å². The highest BCUT2D eigenvalue weighted by Gasteiger charge is 2.23. The average Bonchev–Trinajstić information content (AvgIpc) is 2.65. The standard InChI is InChI=1S/C19H16N4O4/c1-11-18(25)22-15-8-12(6-7-16(15)27-11)21-17(24)9-23-10-20-14-5-3-2-4-13(14)19(23)26/h2-8,10-11H,9H2,1H3,(H,21,24)(H,22,25). The first-order chi connectivity index (χ1) is 13.0. The lowest BCUT2D eigenvalue weighted by Gasteiger charge is -2.23. The number of nitrogens with zero attached hydrogens (tertiary/aromatic N) is 2. The SMILES string of the molecule is CC1Oc2ccc(NC(=O)Cn3cnc4ccccc4c3=O)cc2NC1=O. The first kappa shape index (κ1) is 16.8. The number of para-hydroxylation sites is 1. The van der Waals surface area contributed by atoms with Crippen molar-refractivity contribution >= 4 is 34.1 Å². The van der Waals surface area contributed by atoms with E-state index in [1.54, 1.807) is 49.4 Å². The maximum atomic E-state index is 12.5. The lowest BCUT2D eigenvalue weighted by Crippen LogP contribution is -2.34. The van der Waals surface area contributed by atoms with Gasteiger partial charge in [-0.15, -0.1) is 0 Å². The van der Waals surface area contributed by atoms with Gasteiger partial charge >= 0.3 is 0 Å². The molecule has 27 heavy (non-hydrogen) atoms. The van der Waals surface area contributed by atoms with Crippen molar-refractivity contribution in [2.75, 3.05) is 10.6 Å². The van der Waals surface area contributed by atoms with E-state index in [0.717, 1.165) is 0 Å². The fraction of sp³-hybridized carbons (Fsp3) is 0.158. The molecule has 1 aliphatic heterocycles. The molecule has 1 aromatic heterocycles. The number of anilines is 2. The molecule has 0 bridgehead atoms. The van der Waals surface area contributed by atoms with Gasteiger partial charge in [-0.2, -0.15) is 0 Å². The van der Waals surface area contributed by atoms with Crippen LogP contribution in [0.4, 0.5) is 11.4 Å². The molecule has 0 saturated heterocycles. The fourth-order valence-electron chi connectivity index (χ4n) is 2.86. The molecule has 1 unspecified atom stereocenters. The number of rotatable bonds is 3. The minimum atomic E-state index is -0.565. The molecule has 2 aromatic carbocycles. The van der Waals surface area contributed by atoms with E-state index in [2.05, 4.69) is 15.6 Å². The van der Waals surface area contributed by atoms with Gasteiger partial charge < -0.3 is 15.4 Å². The van der Waals surface area contributed by atoms with Crippen LogP contribution in [0.3, 0.4) is 0 Å². The smallest absolute Gasteiger partial charge is 0.265 e. The summed E-state index contributed by atoms with van der Waals surface area (Å²) < 4.78 is 6.73. The van der Waals surface area contributed by atoms with Crippen LogP contribution < -0.4 is 20.9 Å². The minimum absolute atomic E-state index is 0.173. The molecular formula is C19H16N4O4. The normalized spacial score (nSPS) is 15.6. The van der Waals surface area contributed by atoms with Gasteiger partial charge in [-0.3, -0.25) is 19.0 Å². The van der Waals surface area contributed by atoms with Crippen LogP contribution in [0.5, 0.6) is 5.75 Å². The lowest BCUT2D eigenvalue weighted by atomic mass is 10.2. The average molecular weight is 364 g/mol. The minimum Gasteiger partial charge on any atom is -0.479 e. The molecule has 1 aliphatic rings. The van der Waals surface area contributed by atoms with E-state index in [1.165, 1.54) is 10.9 Å². The van der Waals surface area contributed by atoms with Crippen molar-refractivity contribution < 1.29 is 14.3 Å². The summed E-state index contributed by atoms with van der Waals surface area (Å²) in [5, 5.41) is 5.88. The first-order valence-electron chi connectivity index (χ1n) is 8.37. The van der Waals surface area contributed by atoms with Crippen LogP contribution in [-0.4, -0.2) is 27.5 Å². The van der Waals surface area contributed by atoms with Crippen molar-refractivity contribution in [1.29, 1.82) is 0 Å². The van der Waals surface area contributed by atoms with E-state index in [1.807, 2.05) is 0 Å². The molecule has 0 aliphatic carbocycles. The highest BCUT2D eigenvalue weighted by Crippen LogP contribution is 2.32. The third kappa shape index (κ3) is 3.24. The van der Waals surface area contributed by atoms with Crippen molar-refractivity contribution in [3.05, 3.63) is 59.1 Å². The summed E-state index contributed by atoms with van der Waals surface area (Å²) in [6.07, 6.45) is 0.789. The van der Waals surface area contributed by atoms with Crippen molar-refractivity contribution in [3.63, 3.8) is 0 Å². The number of carbonyl (C=O) groups excluding carboxylic acids is 2. The highest BCUT2D eigenvalue weighted by molar-refractivity contribution is 5.99. The molecule has 0 spiro atoms. The van der Waals surface area contributed by atoms with Gasteiger partial charge in [-0.25, -0.2) is 4.98 Å². The molecule has 0 radical (unpaired) electrons. The molecule has 2 heterocycles. The number of benzene rings is 2. The molecule has 0 saturated carbocycles. The molecule has 1 atom stereocenters. The van der Waals surface area contributed by atoms with Crippen LogP contribution >= 0.6 is 0 Å². The van der Waals surface area contributed by atoms with Gasteiger partial charge in [0, 0.05) is 5.69 Å². The number of aromatic nitrogens is 2. The Morgan fingerprint density at radius 3 is 2.93 bits per heavy atom. The Balaban J connectivity index is 1.52. The molecule has 4 rings (SSSR count). The lowest BCUT2D eigenvalue weighted by molar-refractivity contribution is -0.122. The Morgan fingerprint density at radius 1 is 1.26 bits per heavy atom. The van der Waals surface area contributed by atoms with E-state index in [9.17, 15) is 14.4 Å². The summed E-state index contributed by atoms with van der Waals surface area (Å²) in [6, 6.07) is 11.9. The maximum absolute atomic E-state index is 12.5. The molecule has 3 aromatic rings. The second-order valence-electron chi connectivity index (χ2n) is 6.20. The zero-order chi connectivity index (χ0) is 19.0. The molecular weight excluding hydrogens is 348 g/mol. The monoisotopic (exact) mass is 364 g/mol. The summed E-state index contributed by atoms with van der Waals surface area (Å²) in [5.74, 6) is -0.0969. The molecule has 2 N–H and O–H groups in total. The van der Waals surface area contributed by atoms with Crippen molar-refractivity contribution in [3.8, 4) is 5.75 Å². The Bertz CT molecular complexity index is 1120. The van der Waals surface area contributed by atoms with Crippen LogP contribution in [0.15, 0.2) is 53.6 Å². The molecule has 136 valence electrons. The van der Waals surface area contributed by atoms with E-state index in [4.69, 9.17) is 4.74 Å². The number of ether oxygens (including phenoxy) is 1. The summed E-state index contributed by atoms with van der Waals surface area (Å²) in [5.41, 5.74) is 1.27. The summed E-state index contributed by atoms with van der Waals surface area (Å²) in [4.78, 5) is 40.7. The third-order valence-electron chi connectivity index (χ3n) is 4.24. The van der Waals surface area contributed by atoms with Gasteiger partial charge in [0.15, 0.2) is 6.10 Å². The quantitative estimate of drug-likeness (QED) is 0.737. The zero-order valence-corrected chi connectivity index (χ0v) is 14.4. The Kier molecular flexibility index (Phi) is 4.08. The van der Waals surface area contributed by atoms with Crippen molar-refractivity contribution in [1.82, 2.24) is 9.55 Å². The van der Waals surface area contributed by atoms with Gasteiger partial charge in [-0.05, 0) is 37.3 Å². The Labute approximate surface area is 153 Å². The Morgan fingerprint density at radius 2 is 2.07 bits per heavy atom. The van der Waals surface area contributed by atoms with E-state index in [0.29, 0.717) is 28.0 Å². The number of hydrogen-bond donors (Lipinski definition) is 2. The topological polar surface area (TPSA) is 102 Å². The van der Waals surface area contributed by atoms with Crippen LogP contribution in [0.25, 0.3) is 10.9 Å². The predicted molar refractivity (Wildman–Crippen MR) is 99.8 cm³/mol. The number of amides is 2. The molecule has 8 heteroatoms. The number of fused-ring (bicyclic) bond motifs is 2. The molecule has 2 amide bonds. The number of hydrogen-bond acceptors (Lipinski definition) is 5. The predicted octanol–water partition coefficient (Wildman–Crippen LogP) is 1.75. The van der Waals surface area contributed by atoms with Gasteiger partial charge in [-0.1, -0.05) is 12.1 Å². The van der Waals surface area contributed by atoms with E-state index >= 15 is 0 Å². The van der Waals surface area contributed by atoms with Gasteiger partial charge in [0.05, 0.1) is 22.9 Å². The molecule has 0 fully saturated rings. The summed E-state index contributed by atoms with van der Waals surface area (Å²) in [7, 11) is 0. The van der Waals surface area contributed by atoms with Gasteiger partial charge in [0.2, 0.25) is 5.91 Å². The van der Waals surface area contributed by atoms with E-state index < -0.39 is 6.10 Å². The van der Waals surface area contributed by atoms with Crippen molar-refractivity contribution in [2.24, 2.45) is 0 Å². The van der Waals surface area contributed by atoms with Gasteiger partial charge in [0.25, 0.3) is 11.5 Å². The van der Waals surface area contributed by atoms with Crippen LogP contribution in [-0.2, 0) is 16.1 Å². The molecule has 8 nitrogen and oxygen atoms in total. The number of carbonyl (C=O) groups is 2. The third-order valence-corrected chi connectivity index (χ3v) is 4.24. The zero-order valence-electron chi connectivity index (χ0n) is 14.4. The first-order valence-corrected chi connectivity index (χ1v) is 8.37. The fourth-order valence-corrected chi connectivity index (χ4v) is 2.86. The van der Waals surface area contributed by atoms with Crippen LogP contribution in [0, 0.1) is 0 Å². The highest BCUT2D eigenvalue weighted by atomic mass is 16.5. The Hall–Kier alpha value is -3.68. The summed E-state index contributed by atoms with van der Waals surface area (Å²) >= 11 is 0. The van der Waals surface area contributed by atoms with E-state index in [-0.39, 0.29) is 23.9 Å². The van der Waals surface area contributed by atoms with Crippen LogP contribution in [0.2, 0.25) is 0 Å². The second-order valence-corrected chi connectivity index (χ2v) is 6.20. The van der Waals surface area contributed by atoms with Crippen LogP contribution in [0.1, 0.15) is 6.92 Å². The second kappa shape index (κ2) is 6.56.